The van der Waals surface area contributed by atoms with Gasteiger partial charge in [-0.3, -0.25) is 0 Å². The topological polar surface area (TPSA) is 3.24 Å². The molecule has 0 unspecified atom stereocenters. The maximum atomic E-state index is 6.38. The van der Waals surface area contributed by atoms with Crippen molar-refractivity contribution in [2.24, 2.45) is 0 Å². The van der Waals surface area contributed by atoms with Gasteiger partial charge in [-0.2, -0.15) is 0 Å². The molecule has 0 aliphatic carbocycles. The molecule has 1 aromatic heterocycles. The molecule has 94 valence electrons. The quantitative estimate of drug-likeness (QED) is 0.705. The molecule has 2 aromatic rings. The summed E-state index contributed by atoms with van der Waals surface area (Å²) in [6.45, 7) is 2.03. The highest BCUT2D eigenvalue weighted by Crippen LogP contribution is 2.35. The van der Waals surface area contributed by atoms with E-state index in [1.54, 1.807) is 0 Å². The summed E-state index contributed by atoms with van der Waals surface area (Å²) in [6, 6.07) is 8.37. The monoisotopic (exact) mass is 341 g/mol. The molecule has 0 saturated heterocycles. The standard InChI is InChI=1S/C14H13BrClNS/c15-8-10-2-1-3-12(16)14(10)17-6-4-13-11(9-17)5-7-18-13/h1-3,5,7H,4,6,8-9H2. The fourth-order valence-electron chi connectivity index (χ4n) is 2.46. The third-order valence-electron chi connectivity index (χ3n) is 3.34. The van der Waals surface area contributed by atoms with Gasteiger partial charge >= 0.3 is 0 Å². The highest BCUT2D eigenvalue weighted by molar-refractivity contribution is 9.08. The van der Waals surface area contributed by atoms with Gasteiger partial charge in [0.25, 0.3) is 0 Å². The van der Waals surface area contributed by atoms with Crippen LogP contribution in [0.4, 0.5) is 5.69 Å². The van der Waals surface area contributed by atoms with E-state index in [-0.39, 0.29) is 0 Å². The van der Waals surface area contributed by atoms with Gasteiger partial charge in [0.15, 0.2) is 0 Å². The first-order valence-electron chi connectivity index (χ1n) is 5.93. The molecular formula is C14H13BrClNS. The summed E-state index contributed by atoms with van der Waals surface area (Å²) < 4.78 is 0. The summed E-state index contributed by atoms with van der Waals surface area (Å²) in [5.74, 6) is 0. The number of thiophene rings is 1. The molecule has 18 heavy (non-hydrogen) atoms. The maximum Gasteiger partial charge on any atom is 0.0642 e. The molecule has 1 aromatic carbocycles. The van der Waals surface area contributed by atoms with Crippen molar-refractivity contribution in [2.45, 2.75) is 18.3 Å². The number of hydrogen-bond acceptors (Lipinski definition) is 2. The van der Waals surface area contributed by atoms with E-state index in [1.807, 2.05) is 23.5 Å². The van der Waals surface area contributed by atoms with Crippen molar-refractivity contribution in [1.82, 2.24) is 0 Å². The molecule has 0 bridgehead atoms. The van der Waals surface area contributed by atoms with E-state index in [9.17, 15) is 0 Å². The maximum absolute atomic E-state index is 6.38. The Bertz CT molecular complexity index is 567. The first-order chi connectivity index (χ1) is 8.79. The normalized spacial score (nSPS) is 14.7. The molecule has 0 atom stereocenters. The molecule has 0 fully saturated rings. The van der Waals surface area contributed by atoms with Crippen molar-refractivity contribution in [3.05, 3.63) is 50.7 Å². The summed E-state index contributed by atoms with van der Waals surface area (Å²) in [5.41, 5.74) is 3.90. The smallest absolute Gasteiger partial charge is 0.0642 e. The zero-order chi connectivity index (χ0) is 12.5. The summed E-state index contributed by atoms with van der Waals surface area (Å²) in [5, 5.41) is 3.88. The van der Waals surface area contributed by atoms with Crippen molar-refractivity contribution in [3.8, 4) is 0 Å². The van der Waals surface area contributed by atoms with Crippen LogP contribution in [0, 0.1) is 0 Å². The third-order valence-corrected chi connectivity index (χ3v) is 5.27. The van der Waals surface area contributed by atoms with Gasteiger partial charge in [0.1, 0.15) is 0 Å². The molecule has 0 amide bonds. The molecule has 2 heterocycles. The molecule has 3 rings (SSSR count). The third kappa shape index (κ3) is 2.20. The van der Waals surface area contributed by atoms with Gasteiger partial charge in [0, 0.05) is 23.3 Å². The minimum absolute atomic E-state index is 0.843. The van der Waals surface area contributed by atoms with Crippen molar-refractivity contribution < 1.29 is 0 Å². The first-order valence-corrected chi connectivity index (χ1v) is 8.31. The van der Waals surface area contributed by atoms with Gasteiger partial charge in [-0.05, 0) is 35.1 Å². The predicted octanol–water partition coefficient (Wildman–Crippen LogP) is 4.86. The fraction of sp³-hybridized carbons (Fsp3) is 0.286. The van der Waals surface area contributed by atoms with Crippen molar-refractivity contribution >= 4 is 44.6 Å². The fourth-order valence-corrected chi connectivity index (χ4v) is 4.12. The van der Waals surface area contributed by atoms with Crippen molar-refractivity contribution in [2.75, 3.05) is 11.4 Å². The minimum Gasteiger partial charge on any atom is -0.365 e. The molecule has 0 radical (unpaired) electrons. The van der Waals surface area contributed by atoms with E-state index in [0.29, 0.717) is 0 Å². The largest absolute Gasteiger partial charge is 0.365 e. The van der Waals surface area contributed by atoms with Gasteiger partial charge in [0.05, 0.1) is 10.7 Å². The first kappa shape index (κ1) is 12.5. The number of nitrogens with zero attached hydrogens (tertiary/aromatic N) is 1. The van der Waals surface area contributed by atoms with Gasteiger partial charge in [-0.15, -0.1) is 11.3 Å². The van der Waals surface area contributed by atoms with E-state index in [2.05, 4.69) is 38.3 Å². The average Bonchev–Trinajstić information content (AvgIpc) is 2.85. The number of alkyl halides is 1. The van der Waals surface area contributed by atoms with Crippen LogP contribution in [0.1, 0.15) is 16.0 Å². The Morgan fingerprint density at radius 1 is 1.33 bits per heavy atom. The molecule has 0 spiro atoms. The Kier molecular flexibility index (Phi) is 3.64. The molecule has 1 aliphatic heterocycles. The lowest BCUT2D eigenvalue weighted by Gasteiger charge is -2.31. The summed E-state index contributed by atoms with van der Waals surface area (Å²) in [7, 11) is 0. The summed E-state index contributed by atoms with van der Waals surface area (Å²) >= 11 is 11.8. The second-order valence-corrected chi connectivity index (χ2v) is 6.39. The van der Waals surface area contributed by atoms with Crippen LogP contribution in [-0.2, 0) is 18.3 Å². The van der Waals surface area contributed by atoms with E-state index in [0.717, 1.165) is 29.9 Å². The molecule has 1 nitrogen and oxygen atoms in total. The van der Waals surface area contributed by atoms with E-state index in [4.69, 9.17) is 11.6 Å². The molecule has 1 aliphatic rings. The van der Waals surface area contributed by atoms with Crippen molar-refractivity contribution in [1.29, 1.82) is 0 Å². The van der Waals surface area contributed by atoms with Crippen LogP contribution in [0.2, 0.25) is 5.02 Å². The predicted molar refractivity (Wildman–Crippen MR) is 83.2 cm³/mol. The Morgan fingerprint density at radius 3 is 3.06 bits per heavy atom. The number of hydrogen-bond donors (Lipinski definition) is 0. The van der Waals surface area contributed by atoms with Crippen LogP contribution < -0.4 is 4.90 Å². The van der Waals surface area contributed by atoms with Gasteiger partial charge in [-0.25, -0.2) is 0 Å². The summed E-state index contributed by atoms with van der Waals surface area (Å²) in [6.07, 6.45) is 1.12. The lowest BCUT2D eigenvalue weighted by Crippen LogP contribution is -2.30. The minimum atomic E-state index is 0.843. The number of para-hydroxylation sites is 1. The molecule has 0 N–H and O–H groups in total. The second kappa shape index (κ2) is 5.24. The van der Waals surface area contributed by atoms with Crippen LogP contribution in [0.3, 0.4) is 0 Å². The lowest BCUT2D eigenvalue weighted by atomic mass is 10.1. The highest BCUT2D eigenvalue weighted by atomic mass is 79.9. The number of fused-ring (bicyclic) bond motifs is 1. The Balaban J connectivity index is 1.97. The highest BCUT2D eigenvalue weighted by Gasteiger charge is 2.21. The SMILES string of the molecule is Clc1cccc(CBr)c1N1CCc2sccc2C1. The van der Waals surface area contributed by atoms with E-state index in [1.165, 1.54) is 21.7 Å². The Morgan fingerprint density at radius 2 is 2.22 bits per heavy atom. The van der Waals surface area contributed by atoms with Crippen LogP contribution >= 0.6 is 38.9 Å². The van der Waals surface area contributed by atoms with Gasteiger partial charge < -0.3 is 4.90 Å². The number of anilines is 1. The van der Waals surface area contributed by atoms with Gasteiger partial charge in [-0.1, -0.05) is 39.7 Å². The molecule has 0 saturated carbocycles. The van der Waals surface area contributed by atoms with Crippen molar-refractivity contribution in [3.63, 3.8) is 0 Å². The zero-order valence-corrected chi connectivity index (χ0v) is 13.0. The zero-order valence-electron chi connectivity index (χ0n) is 9.83. The number of halogens is 2. The van der Waals surface area contributed by atoms with E-state index >= 15 is 0 Å². The average molecular weight is 343 g/mol. The van der Waals surface area contributed by atoms with E-state index < -0.39 is 0 Å². The van der Waals surface area contributed by atoms with Gasteiger partial charge in [0.2, 0.25) is 0 Å². The number of rotatable bonds is 2. The van der Waals surface area contributed by atoms with Crippen LogP contribution in [0.5, 0.6) is 0 Å². The lowest BCUT2D eigenvalue weighted by molar-refractivity contribution is 0.741. The summed E-state index contributed by atoms with van der Waals surface area (Å²) in [4.78, 5) is 3.92. The second-order valence-electron chi connectivity index (χ2n) is 4.42. The molecule has 4 heteroatoms. The van der Waals surface area contributed by atoms with Crippen LogP contribution in [0.25, 0.3) is 0 Å². The number of benzene rings is 1. The molecular weight excluding hydrogens is 330 g/mol. The van der Waals surface area contributed by atoms with Crippen LogP contribution in [0.15, 0.2) is 29.6 Å². The Labute approximate surface area is 125 Å². The van der Waals surface area contributed by atoms with Crippen LogP contribution in [-0.4, -0.2) is 6.54 Å². The Hall–Kier alpha value is -0.510.